The van der Waals surface area contributed by atoms with Gasteiger partial charge in [-0.15, -0.1) is 0 Å². The molecule has 1 aromatic carbocycles. The van der Waals surface area contributed by atoms with E-state index in [4.69, 9.17) is 0 Å². The van der Waals surface area contributed by atoms with E-state index in [1.165, 1.54) is 11.3 Å². The van der Waals surface area contributed by atoms with Gasteiger partial charge in [-0.3, -0.25) is 0 Å². The van der Waals surface area contributed by atoms with Gasteiger partial charge in [-0.2, -0.15) is 0 Å². The predicted molar refractivity (Wildman–Crippen MR) is 85.2 cm³/mol. The number of hydrogen-bond donors (Lipinski definition) is 2. The summed E-state index contributed by atoms with van der Waals surface area (Å²) in [6.07, 6.45) is 3.33. The van der Waals surface area contributed by atoms with Gasteiger partial charge in [0.2, 0.25) is 0 Å². The van der Waals surface area contributed by atoms with E-state index in [1.807, 2.05) is 0 Å². The second-order valence-electron chi connectivity index (χ2n) is 5.72. The molecule has 3 heteroatoms. The molecule has 0 aliphatic carbocycles. The zero-order chi connectivity index (χ0) is 14.4. The first-order valence-corrected chi connectivity index (χ1v) is 7.97. The highest BCUT2D eigenvalue weighted by Gasteiger charge is 2.18. The fraction of sp³-hybridized carbons (Fsp3) is 0.647. The van der Waals surface area contributed by atoms with E-state index in [9.17, 15) is 5.11 Å². The second-order valence-corrected chi connectivity index (χ2v) is 5.72. The summed E-state index contributed by atoms with van der Waals surface area (Å²) in [5.74, 6) is 0.503. The molecule has 0 bridgehead atoms. The van der Waals surface area contributed by atoms with Crippen LogP contribution in [0.5, 0.6) is 0 Å². The largest absolute Gasteiger partial charge is 0.396 e. The lowest BCUT2D eigenvalue weighted by Crippen LogP contribution is -2.34. The molecule has 1 aliphatic rings. The molecule has 1 unspecified atom stereocenters. The Labute approximate surface area is 123 Å². The number of anilines is 1. The molecule has 0 spiro atoms. The average Bonchev–Trinajstić information content (AvgIpc) is 2.53. The molecule has 1 fully saturated rings. The number of piperidine rings is 1. The van der Waals surface area contributed by atoms with Gasteiger partial charge in [-0.05, 0) is 49.4 Å². The van der Waals surface area contributed by atoms with Gasteiger partial charge in [0.25, 0.3) is 0 Å². The Morgan fingerprint density at radius 1 is 1.20 bits per heavy atom. The Kier molecular flexibility index (Phi) is 5.86. The summed E-state index contributed by atoms with van der Waals surface area (Å²) < 4.78 is 0. The Balaban J connectivity index is 1.97. The predicted octanol–water partition coefficient (Wildman–Crippen LogP) is 2.96. The van der Waals surface area contributed by atoms with Gasteiger partial charge in [0.1, 0.15) is 0 Å². The van der Waals surface area contributed by atoms with Gasteiger partial charge in [-0.1, -0.05) is 26.0 Å². The minimum atomic E-state index is 0.341. The number of nitrogens with zero attached hydrogens (tertiary/aromatic N) is 1. The summed E-state index contributed by atoms with van der Waals surface area (Å²) in [6, 6.07) is 9.46. The van der Waals surface area contributed by atoms with Crippen molar-refractivity contribution in [1.82, 2.24) is 5.32 Å². The molecule has 1 saturated heterocycles. The van der Waals surface area contributed by atoms with E-state index in [1.54, 1.807) is 0 Å². The summed E-state index contributed by atoms with van der Waals surface area (Å²) in [5.41, 5.74) is 2.69. The van der Waals surface area contributed by atoms with Crippen LogP contribution in [0.15, 0.2) is 24.3 Å². The molecule has 2 rings (SSSR count). The van der Waals surface area contributed by atoms with Crippen molar-refractivity contribution in [3.63, 3.8) is 0 Å². The summed E-state index contributed by atoms with van der Waals surface area (Å²) in [5, 5.41) is 12.7. The van der Waals surface area contributed by atoms with Crippen LogP contribution in [0.4, 0.5) is 5.69 Å². The molecule has 0 aromatic heterocycles. The first-order valence-electron chi connectivity index (χ1n) is 7.97. The number of hydrogen-bond acceptors (Lipinski definition) is 3. The minimum Gasteiger partial charge on any atom is -0.396 e. The van der Waals surface area contributed by atoms with Gasteiger partial charge in [0, 0.05) is 31.4 Å². The smallest absolute Gasteiger partial charge is 0.0460 e. The minimum absolute atomic E-state index is 0.341. The van der Waals surface area contributed by atoms with Crippen molar-refractivity contribution >= 4 is 5.69 Å². The molecule has 112 valence electrons. The molecule has 0 saturated carbocycles. The summed E-state index contributed by atoms with van der Waals surface area (Å²) >= 11 is 0. The zero-order valence-electron chi connectivity index (χ0n) is 12.8. The molecular weight excluding hydrogens is 248 g/mol. The van der Waals surface area contributed by atoms with Crippen molar-refractivity contribution < 1.29 is 5.11 Å². The van der Waals surface area contributed by atoms with Crippen molar-refractivity contribution in [2.24, 2.45) is 5.92 Å². The lowest BCUT2D eigenvalue weighted by atomic mass is 9.97. The third-order valence-electron chi connectivity index (χ3n) is 4.39. The molecule has 3 nitrogen and oxygen atoms in total. The third kappa shape index (κ3) is 3.74. The molecule has 1 heterocycles. The molecule has 1 aliphatic heterocycles. The maximum absolute atomic E-state index is 9.20. The van der Waals surface area contributed by atoms with E-state index in [2.05, 4.69) is 48.3 Å². The topological polar surface area (TPSA) is 35.5 Å². The SMILES string of the molecule is CCNC(CC)c1ccc(N2CCC(CO)CC2)cc1. The number of aliphatic hydroxyl groups is 1. The Morgan fingerprint density at radius 3 is 2.35 bits per heavy atom. The highest BCUT2D eigenvalue weighted by Crippen LogP contribution is 2.25. The molecule has 2 N–H and O–H groups in total. The van der Waals surface area contributed by atoms with Crippen molar-refractivity contribution in [2.45, 2.75) is 39.2 Å². The second kappa shape index (κ2) is 7.65. The summed E-state index contributed by atoms with van der Waals surface area (Å²) in [7, 11) is 0. The van der Waals surface area contributed by atoms with Crippen LogP contribution in [0.25, 0.3) is 0 Å². The van der Waals surface area contributed by atoms with Crippen molar-refractivity contribution in [2.75, 3.05) is 31.1 Å². The maximum atomic E-state index is 9.20. The Hall–Kier alpha value is -1.06. The van der Waals surface area contributed by atoms with Crippen LogP contribution >= 0.6 is 0 Å². The van der Waals surface area contributed by atoms with Crippen LogP contribution < -0.4 is 10.2 Å². The Bertz CT molecular complexity index is 382. The molecule has 0 amide bonds. The summed E-state index contributed by atoms with van der Waals surface area (Å²) in [4.78, 5) is 2.43. The highest BCUT2D eigenvalue weighted by molar-refractivity contribution is 5.48. The molecule has 1 atom stereocenters. The van der Waals surface area contributed by atoms with E-state index < -0.39 is 0 Å². The van der Waals surface area contributed by atoms with Crippen molar-refractivity contribution in [3.8, 4) is 0 Å². The third-order valence-corrected chi connectivity index (χ3v) is 4.39. The van der Waals surface area contributed by atoms with Gasteiger partial charge < -0.3 is 15.3 Å². The summed E-state index contributed by atoms with van der Waals surface area (Å²) in [6.45, 7) is 7.86. The Morgan fingerprint density at radius 2 is 1.85 bits per heavy atom. The fourth-order valence-corrected chi connectivity index (χ4v) is 3.04. The average molecular weight is 276 g/mol. The van der Waals surface area contributed by atoms with E-state index in [0.29, 0.717) is 18.6 Å². The van der Waals surface area contributed by atoms with Gasteiger partial charge >= 0.3 is 0 Å². The van der Waals surface area contributed by atoms with Crippen molar-refractivity contribution in [1.29, 1.82) is 0 Å². The van der Waals surface area contributed by atoms with Gasteiger partial charge in [0.05, 0.1) is 0 Å². The van der Waals surface area contributed by atoms with E-state index in [-0.39, 0.29) is 0 Å². The van der Waals surface area contributed by atoms with Crippen LogP contribution in [-0.4, -0.2) is 31.3 Å². The van der Waals surface area contributed by atoms with Crippen molar-refractivity contribution in [3.05, 3.63) is 29.8 Å². The van der Waals surface area contributed by atoms with Gasteiger partial charge in [-0.25, -0.2) is 0 Å². The lowest BCUT2D eigenvalue weighted by molar-refractivity contribution is 0.203. The first-order chi connectivity index (χ1) is 9.78. The molecule has 20 heavy (non-hydrogen) atoms. The molecular formula is C17H28N2O. The highest BCUT2D eigenvalue weighted by atomic mass is 16.3. The quantitative estimate of drug-likeness (QED) is 0.838. The van der Waals surface area contributed by atoms with E-state index in [0.717, 1.165) is 38.9 Å². The van der Waals surface area contributed by atoms with Crippen LogP contribution in [0.3, 0.4) is 0 Å². The first kappa shape index (κ1) is 15.3. The normalized spacial score (nSPS) is 18.2. The maximum Gasteiger partial charge on any atom is 0.0460 e. The standard InChI is InChI=1S/C17H28N2O/c1-3-17(18-4-2)15-5-7-16(8-6-15)19-11-9-14(13-20)10-12-19/h5-8,14,17-18,20H,3-4,9-13H2,1-2H3. The number of nitrogens with one attached hydrogen (secondary N) is 1. The monoisotopic (exact) mass is 276 g/mol. The van der Waals surface area contributed by atoms with Crippen LogP contribution in [0, 0.1) is 5.92 Å². The fourth-order valence-electron chi connectivity index (χ4n) is 3.04. The number of benzene rings is 1. The molecule has 1 aromatic rings. The van der Waals surface area contributed by atoms with Crippen LogP contribution in [-0.2, 0) is 0 Å². The van der Waals surface area contributed by atoms with Gasteiger partial charge in [0.15, 0.2) is 0 Å². The van der Waals surface area contributed by atoms with Crippen LogP contribution in [0.2, 0.25) is 0 Å². The zero-order valence-corrected chi connectivity index (χ0v) is 12.8. The van der Waals surface area contributed by atoms with E-state index >= 15 is 0 Å². The van der Waals surface area contributed by atoms with Crippen LogP contribution in [0.1, 0.15) is 44.7 Å². The lowest BCUT2D eigenvalue weighted by Gasteiger charge is -2.33. The number of aliphatic hydroxyl groups excluding tert-OH is 1. The number of rotatable bonds is 6. The molecule has 0 radical (unpaired) electrons.